The van der Waals surface area contributed by atoms with Crippen LogP contribution in [0.15, 0.2) is 6.20 Å². The van der Waals surface area contributed by atoms with E-state index in [0.717, 1.165) is 31.6 Å². The van der Waals surface area contributed by atoms with Gasteiger partial charge in [-0.15, -0.1) is 5.10 Å². The highest BCUT2D eigenvalue weighted by Crippen LogP contribution is 1.95. The molecule has 6 heteroatoms. The largest absolute Gasteiger partial charge is 0.370 e. The van der Waals surface area contributed by atoms with Gasteiger partial charge in [0.25, 0.3) is 0 Å². The Morgan fingerprint density at radius 2 is 2.40 bits per heavy atom. The van der Waals surface area contributed by atoms with Crippen LogP contribution in [0, 0.1) is 0 Å². The first-order chi connectivity index (χ1) is 7.20. The third-order valence-corrected chi connectivity index (χ3v) is 2.14. The topological polar surface area (TPSA) is 85.8 Å². The van der Waals surface area contributed by atoms with Crippen LogP contribution in [0.4, 0.5) is 0 Å². The predicted molar refractivity (Wildman–Crippen MR) is 55.8 cm³/mol. The molecule has 0 unspecified atom stereocenters. The Bertz CT molecular complexity index is 309. The number of nitrogens with one attached hydrogen (secondary N) is 1. The molecule has 1 heterocycles. The second-order valence-corrected chi connectivity index (χ2v) is 3.45. The number of carbonyl (C=O) groups excluding carboxylic acids is 1. The molecule has 0 spiro atoms. The summed E-state index contributed by atoms with van der Waals surface area (Å²) in [6.45, 7) is 1.62. The molecule has 0 atom stereocenters. The standard InChI is InChI=1S/C9H17N5O/c1-14-8(7-12-13-14)6-11-5-3-2-4-9(10)15/h7,11H,2-6H2,1H3,(H2,10,15). The van der Waals surface area contributed by atoms with E-state index in [2.05, 4.69) is 15.6 Å². The van der Waals surface area contributed by atoms with Gasteiger partial charge in [-0.25, -0.2) is 0 Å². The number of nitrogens with two attached hydrogens (primary N) is 1. The van der Waals surface area contributed by atoms with Gasteiger partial charge in [-0.1, -0.05) is 5.21 Å². The van der Waals surface area contributed by atoms with E-state index in [1.807, 2.05) is 7.05 Å². The Balaban J connectivity index is 2.03. The fraction of sp³-hybridized carbons (Fsp3) is 0.667. The van der Waals surface area contributed by atoms with E-state index in [-0.39, 0.29) is 5.91 Å². The highest BCUT2D eigenvalue weighted by Gasteiger charge is 1.98. The monoisotopic (exact) mass is 211 g/mol. The molecule has 0 aliphatic rings. The molecule has 0 aromatic carbocycles. The molecule has 0 radical (unpaired) electrons. The van der Waals surface area contributed by atoms with Crippen LogP contribution in [-0.2, 0) is 18.4 Å². The Morgan fingerprint density at radius 3 is 3.00 bits per heavy atom. The number of amides is 1. The molecule has 15 heavy (non-hydrogen) atoms. The molecular weight excluding hydrogens is 194 g/mol. The van der Waals surface area contributed by atoms with Crippen LogP contribution in [0.3, 0.4) is 0 Å². The van der Waals surface area contributed by atoms with Crippen molar-refractivity contribution in [2.75, 3.05) is 6.54 Å². The summed E-state index contributed by atoms with van der Waals surface area (Å²) in [6, 6.07) is 0. The van der Waals surface area contributed by atoms with Gasteiger partial charge in [0.2, 0.25) is 5.91 Å². The molecule has 0 fully saturated rings. The molecule has 0 saturated heterocycles. The Morgan fingerprint density at radius 1 is 1.60 bits per heavy atom. The summed E-state index contributed by atoms with van der Waals surface area (Å²) in [6.07, 6.45) is 3.99. The molecule has 0 saturated carbocycles. The maximum atomic E-state index is 10.4. The lowest BCUT2D eigenvalue weighted by Crippen LogP contribution is -2.17. The van der Waals surface area contributed by atoms with Crippen molar-refractivity contribution < 1.29 is 4.79 Å². The fourth-order valence-electron chi connectivity index (χ4n) is 1.24. The summed E-state index contributed by atoms with van der Waals surface area (Å²) in [7, 11) is 1.86. The second kappa shape index (κ2) is 6.13. The minimum atomic E-state index is -0.231. The molecule has 1 amide bonds. The Labute approximate surface area is 88.8 Å². The predicted octanol–water partition coefficient (Wildman–Crippen LogP) is -0.440. The molecule has 0 bridgehead atoms. The summed E-state index contributed by atoms with van der Waals surface area (Å²) < 4.78 is 1.73. The van der Waals surface area contributed by atoms with Crippen molar-refractivity contribution in [2.24, 2.45) is 12.8 Å². The van der Waals surface area contributed by atoms with E-state index >= 15 is 0 Å². The average molecular weight is 211 g/mol. The van der Waals surface area contributed by atoms with Crippen LogP contribution in [0.2, 0.25) is 0 Å². The van der Waals surface area contributed by atoms with Gasteiger partial charge in [0.15, 0.2) is 0 Å². The zero-order valence-corrected chi connectivity index (χ0v) is 8.94. The minimum absolute atomic E-state index is 0.231. The van der Waals surface area contributed by atoms with Gasteiger partial charge in [0.05, 0.1) is 11.9 Å². The van der Waals surface area contributed by atoms with Gasteiger partial charge in [0, 0.05) is 20.0 Å². The lowest BCUT2D eigenvalue weighted by molar-refractivity contribution is -0.118. The highest BCUT2D eigenvalue weighted by atomic mass is 16.1. The van der Waals surface area contributed by atoms with Crippen LogP contribution in [0.5, 0.6) is 0 Å². The quantitative estimate of drug-likeness (QED) is 0.599. The number of carbonyl (C=O) groups is 1. The van der Waals surface area contributed by atoms with Crippen LogP contribution >= 0.6 is 0 Å². The SMILES string of the molecule is Cn1nncc1CNCCCCC(N)=O. The fourth-order valence-corrected chi connectivity index (χ4v) is 1.24. The molecule has 0 aliphatic carbocycles. The number of hydrogen-bond donors (Lipinski definition) is 2. The van der Waals surface area contributed by atoms with Gasteiger partial charge in [-0.2, -0.15) is 0 Å². The average Bonchev–Trinajstić information content (AvgIpc) is 2.57. The smallest absolute Gasteiger partial charge is 0.217 e. The number of unbranched alkanes of at least 4 members (excludes halogenated alkanes) is 1. The van der Waals surface area contributed by atoms with E-state index in [1.165, 1.54) is 0 Å². The molecule has 1 aromatic rings. The van der Waals surface area contributed by atoms with Crippen molar-refractivity contribution in [3.05, 3.63) is 11.9 Å². The number of nitrogens with zero attached hydrogens (tertiary/aromatic N) is 3. The van der Waals surface area contributed by atoms with Gasteiger partial charge < -0.3 is 11.1 Å². The molecule has 84 valence electrons. The Hall–Kier alpha value is -1.43. The van der Waals surface area contributed by atoms with Crippen molar-refractivity contribution in [3.8, 4) is 0 Å². The molecule has 1 aromatic heterocycles. The summed E-state index contributed by atoms with van der Waals surface area (Å²) in [5.74, 6) is -0.231. The minimum Gasteiger partial charge on any atom is -0.370 e. The zero-order valence-electron chi connectivity index (χ0n) is 8.94. The first kappa shape index (κ1) is 11.6. The van der Waals surface area contributed by atoms with Gasteiger partial charge >= 0.3 is 0 Å². The second-order valence-electron chi connectivity index (χ2n) is 3.45. The van der Waals surface area contributed by atoms with Crippen molar-refractivity contribution in [3.63, 3.8) is 0 Å². The zero-order chi connectivity index (χ0) is 11.1. The normalized spacial score (nSPS) is 10.5. The first-order valence-corrected chi connectivity index (χ1v) is 5.02. The summed E-state index contributed by atoms with van der Waals surface area (Å²) in [5.41, 5.74) is 6.07. The molecule has 0 aliphatic heterocycles. The molecule has 6 nitrogen and oxygen atoms in total. The van der Waals surface area contributed by atoms with Crippen molar-refractivity contribution in [2.45, 2.75) is 25.8 Å². The van der Waals surface area contributed by atoms with Crippen molar-refractivity contribution in [1.29, 1.82) is 0 Å². The molecule has 3 N–H and O–H groups in total. The molecular formula is C9H17N5O. The first-order valence-electron chi connectivity index (χ1n) is 5.02. The molecule has 1 rings (SSSR count). The van der Waals surface area contributed by atoms with E-state index in [9.17, 15) is 4.79 Å². The lowest BCUT2D eigenvalue weighted by atomic mass is 10.2. The number of rotatable bonds is 7. The van der Waals surface area contributed by atoms with E-state index in [0.29, 0.717) is 6.42 Å². The van der Waals surface area contributed by atoms with E-state index in [1.54, 1.807) is 10.9 Å². The maximum absolute atomic E-state index is 10.4. The number of aromatic nitrogens is 3. The van der Waals surface area contributed by atoms with Crippen molar-refractivity contribution in [1.82, 2.24) is 20.3 Å². The maximum Gasteiger partial charge on any atom is 0.217 e. The summed E-state index contributed by atoms with van der Waals surface area (Å²) in [5, 5.41) is 10.8. The Kier molecular flexibility index (Phi) is 4.76. The third-order valence-electron chi connectivity index (χ3n) is 2.14. The van der Waals surface area contributed by atoms with E-state index < -0.39 is 0 Å². The lowest BCUT2D eigenvalue weighted by Gasteiger charge is -2.03. The van der Waals surface area contributed by atoms with Crippen LogP contribution < -0.4 is 11.1 Å². The summed E-state index contributed by atoms with van der Waals surface area (Å²) in [4.78, 5) is 10.4. The van der Waals surface area contributed by atoms with Crippen LogP contribution in [-0.4, -0.2) is 27.4 Å². The van der Waals surface area contributed by atoms with Crippen LogP contribution in [0.25, 0.3) is 0 Å². The van der Waals surface area contributed by atoms with Gasteiger partial charge in [-0.05, 0) is 19.4 Å². The van der Waals surface area contributed by atoms with Gasteiger partial charge in [0.1, 0.15) is 0 Å². The third kappa shape index (κ3) is 4.55. The van der Waals surface area contributed by atoms with Gasteiger partial charge in [-0.3, -0.25) is 9.48 Å². The van der Waals surface area contributed by atoms with Crippen molar-refractivity contribution >= 4 is 5.91 Å². The number of primary amides is 1. The highest BCUT2D eigenvalue weighted by molar-refractivity contribution is 5.73. The summed E-state index contributed by atoms with van der Waals surface area (Å²) >= 11 is 0. The van der Waals surface area contributed by atoms with E-state index in [4.69, 9.17) is 5.73 Å². The number of aryl methyl sites for hydroxylation is 1. The van der Waals surface area contributed by atoms with Crippen LogP contribution in [0.1, 0.15) is 25.0 Å². The number of hydrogen-bond acceptors (Lipinski definition) is 4.